The summed E-state index contributed by atoms with van der Waals surface area (Å²) in [6.45, 7) is 6.26. The first-order valence-corrected chi connectivity index (χ1v) is 7.99. The van der Waals surface area contributed by atoms with Crippen LogP contribution in [-0.4, -0.2) is 31.1 Å². The largest absolute Gasteiger partial charge is 0.314 e. The van der Waals surface area contributed by atoms with Gasteiger partial charge in [0.1, 0.15) is 5.82 Å². The summed E-state index contributed by atoms with van der Waals surface area (Å²) in [6.07, 6.45) is 4.69. The van der Waals surface area contributed by atoms with Crippen LogP contribution in [0.5, 0.6) is 0 Å². The van der Waals surface area contributed by atoms with Crippen molar-refractivity contribution in [2.24, 2.45) is 0 Å². The van der Waals surface area contributed by atoms with E-state index in [0.717, 1.165) is 38.2 Å². The quantitative estimate of drug-likeness (QED) is 0.719. The first-order valence-electron chi connectivity index (χ1n) is 7.61. The molecule has 0 aliphatic carbocycles. The second-order valence-electron chi connectivity index (χ2n) is 5.50. The predicted octanol–water partition coefficient (Wildman–Crippen LogP) is 4.85. The van der Waals surface area contributed by atoms with Crippen LogP contribution in [0.1, 0.15) is 44.2 Å². The molecule has 1 aliphatic heterocycles. The molecule has 0 amide bonds. The average molecular weight is 372 g/mol. The van der Waals surface area contributed by atoms with Crippen molar-refractivity contribution in [2.75, 3.05) is 26.2 Å². The van der Waals surface area contributed by atoms with Gasteiger partial charge >= 0.3 is 0 Å². The fraction of sp³-hybridized carbons (Fsp3) is 0.625. The molecule has 2 rings (SSSR count). The van der Waals surface area contributed by atoms with Gasteiger partial charge in [-0.3, -0.25) is 4.90 Å². The smallest absolute Gasteiger partial charge is 0.125 e. The Morgan fingerprint density at radius 3 is 2.45 bits per heavy atom. The third-order valence-electron chi connectivity index (χ3n) is 3.94. The number of nitrogens with zero attached hydrogens (tertiary/aromatic N) is 1. The molecular weight excluding hydrogens is 346 g/mol. The van der Waals surface area contributed by atoms with Crippen LogP contribution in [0.25, 0.3) is 0 Å². The minimum Gasteiger partial charge on any atom is -0.314 e. The van der Waals surface area contributed by atoms with Gasteiger partial charge < -0.3 is 5.32 Å². The SMILES string of the molecule is CCCCC[C@H](c1cc(F)cc(Cl)c1)N1CCNCC1.Cl.Cl. The fourth-order valence-electron chi connectivity index (χ4n) is 2.91. The maximum Gasteiger partial charge on any atom is 0.125 e. The summed E-state index contributed by atoms with van der Waals surface area (Å²) in [4.78, 5) is 2.46. The molecule has 0 unspecified atom stereocenters. The van der Waals surface area contributed by atoms with Crippen LogP contribution < -0.4 is 5.32 Å². The lowest BCUT2D eigenvalue weighted by Crippen LogP contribution is -2.45. The van der Waals surface area contributed by atoms with E-state index in [1.54, 1.807) is 6.07 Å². The number of hydrogen-bond acceptors (Lipinski definition) is 2. The lowest BCUT2D eigenvalue weighted by molar-refractivity contribution is 0.162. The number of nitrogens with one attached hydrogen (secondary N) is 1. The van der Waals surface area contributed by atoms with Gasteiger partial charge in [0.15, 0.2) is 0 Å². The van der Waals surface area contributed by atoms with E-state index in [9.17, 15) is 4.39 Å². The number of piperazine rings is 1. The summed E-state index contributed by atoms with van der Waals surface area (Å²) in [6, 6.07) is 5.23. The van der Waals surface area contributed by atoms with E-state index >= 15 is 0 Å². The fourth-order valence-corrected chi connectivity index (χ4v) is 3.14. The summed E-state index contributed by atoms with van der Waals surface area (Å²) >= 11 is 6.02. The highest BCUT2D eigenvalue weighted by Gasteiger charge is 2.22. The molecule has 1 N–H and O–H groups in total. The Morgan fingerprint density at radius 1 is 1.18 bits per heavy atom. The highest BCUT2D eigenvalue weighted by atomic mass is 35.5. The molecule has 128 valence electrons. The maximum absolute atomic E-state index is 13.6. The van der Waals surface area contributed by atoms with Gasteiger partial charge in [0.25, 0.3) is 0 Å². The number of halogens is 4. The summed E-state index contributed by atoms with van der Waals surface area (Å²) in [5.41, 5.74) is 1.02. The van der Waals surface area contributed by atoms with Gasteiger partial charge in [0, 0.05) is 37.2 Å². The Morgan fingerprint density at radius 2 is 1.86 bits per heavy atom. The molecule has 22 heavy (non-hydrogen) atoms. The first kappa shape index (κ1) is 21.9. The van der Waals surface area contributed by atoms with E-state index in [1.807, 2.05) is 6.07 Å². The van der Waals surface area contributed by atoms with Crippen molar-refractivity contribution in [3.05, 3.63) is 34.6 Å². The van der Waals surface area contributed by atoms with E-state index in [4.69, 9.17) is 11.6 Å². The second-order valence-corrected chi connectivity index (χ2v) is 5.94. The topological polar surface area (TPSA) is 15.3 Å². The minimum atomic E-state index is -0.233. The Balaban J connectivity index is 0.00000220. The zero-order chi connectivity index (χ0) is 14.4. The number of unbranched alkanes of at least 4 members (excludes halogenated alkanes) is 2. The second kappa shape index (κ2) is 11.5. The summed E-state index contributed by atoms with van der Waals surface area (Å²) in [5, 5.41) is 3.87. The van der Waals surface area contributed by atoms with E-state index < -0.39 is 0 Å². The van der Waals surface area contributed by atoms with Crippen LogP contribution in [0.15, 0.2) is 18.2 Å². The normalized spacial score (nSPS) is 16.5. The Kier molecular flexibility index (Phi) is 11.4. The van der Waals surface area contributed by atoms with Crippen LogP contribution in [0.3, 0.4) is 0 Å². The maximum atomic E-state index is 13.6. The van der Waals surface area contributed by atoms with Crippen LogP contribution in [-0.2, 0) is 0 Å². The third-order valence-corrected chi connectivity index (χ3v) is 4.16. The standard InChI is InChI=1S/C16H24ClFN2.2ClH/c1-2-3-4-5-16(20-8-6-19-7-9-20)13-10-14(17)12-15(18)11-13;;/h10-12,16,19H,2-9H2,1H3;2*1H/t16-;;/m1../s1. The lowest BCUT2D eigenvalue weighted by atomic mass is 9.98. The highest BCUT2D eigenvalue weighted by Crippen LogP contribution is 2.29. The van der Waals surface area contributed by atoms with Crippen LogP contribution >= 0.6 is 36.4 Å². The van der Waals surface area contributed by atoms with Crippen LogP contribution in [0, 0.1) is 5.82 Å². The molecule has 1 aromatic rings. The van der Waals surface area contributed by atoms with Gasteiger partial charge in [-0.25, -0.2) is 4.39 Å². The van der Waals surface area contributed by atoms with Crippen molar-refractivity contribution in [1.82, 2.24) is 10.2 Å². The first-order chi connectivity index (χ1) is 9.70. The summed E-state index contributed by atoms with van der Waals surface area (Å²) < 4.78 is 13.6. The molecule has 1 atom stereocenters. The molecule has 2 nitrogen and oxygen atoms in total. The van der Waals surface area contributed by atoms with Gasteiger partial charge in [0.2, 0.25) is 0 Å². The lowest BCUT2D eigenvalue weighted by Gasteiger charge is -2.35. The molecule has 1 heterocycles. The van der Waals surface area contributed by atoms with Crippen molar-refractivity contribution in [3.63, 3.8) is 0 Å². The number of benzene rings is 1. The highest BCUT2D eigenvalue weighted by molar-refractivity contribution is 6.30. The predicted molar refractivity (Wildman–Crippen MR) is 97.2 cm³/mol. The molecule has 6 heteroatoms. The van der Waals surface area contributed by atoms with E-state index in [1.165, 1.54) is 25.3 Å². The molecule has 0 saturated carbocycles. The molecule has 1 fully saturated rings. The van der Waals surface area contributed by atoms with Gasteiger partial charge in [-0.2, -0.15) is 0 Å². The van der Waals surface area contributed by atoms with Gasteiger partial charge in [-0.05, 0) is 30.2 Å². The van der Waals surface area contributed by atoms with Crippen molar-refractivity contribution < 1.29 is 4.39 Å². The van der Waals surface area contributed by atoms with Gasteiger partial charge in [-0.15, -0.1) is 24.8 Å². The molecule has 0 aromatic heterocycles. The summed E-state index contributed by atoms with van der Waals surface area (Å²) in [7, 11) is 0. The molecule has 1 aromatic carbocycles. The van der Waals surface area contributed by atoms with Crippen molar-refractivity contribution in [1.29, 1.82) is 0 Å². The molecule has 0 radical (unpaired) electrons. The minimum absolute atomic E-state index is 0. The Labute approximate surface area is 150 Å². The van der Waals surface area contributed by atoms with Crippen LogP contribution in [0.2, 0.25) is 5.02 Å². The summed E-state index contributed by atoms with van der Waals surface area (Å²) in [5.74, 6) is -0.233. The molecular formula is C16H26Cl3FN2. The van der Waals surface area contributed by atoms with Crippen LogP contribution in [0.4, 0.5) is 4.39 Å². The monoisotopic (exact) mass is 370 g/mol. The third kappa shape index (κ3) is 6.59. The molecule has 1 saturated heterocycles. The van der Waals surface area contributed by atoms with E-state index in [0.29, 0.717) is 5.02 Å². The van der Waals surface area contributed by atoms with E-state index in [2.05, 4.69) is 17.1 Å². The number of hydrogen-bond donors (Lipinski definition) is 1. The molecule has 1 aliphatic rings. The van der Waals surface area contributed by atoms with Crippen molar-refractivity contribution >= 4 is 36.4 Å². The molecule has 0 bridgehead atoms. The zero-order valence-electron chi connectivity index (χ0n) is 13.0. The number of rotatable bonds is 6. The average Bonchev–Trinajstić information content (AvgIpc) is 2.43. The Hall–Kier alpha value is -0.0600. The van der Waals surface area contributed by atoms with Gasteiger partial charge in [0.05, 0.1) is 0 Å². The Bertz CT molecular complexity index is 406. The van der Waals surface area contributed by atoms with Crippen molar-refractivity contribution in [2.45, 2.75) is 38.6 Å². The zero-order valence-corrected chi connectivity index (χ0v) is 15.4. The molecule has 0 spiro atoms. The van der Waals surface area contributed by atoms with Crippen molar-refractivity contribution in [3.8, 4) is 0 Å². The van der Waals surface area contributed by atoms with Gasteiger partial charge in [-0.1, -0.05) is 37.8 Å². The van der Waals surface area contributed by atoms with E-state index in [-0.39, 0.29) is 36.7 Å².